The van der Waals surface area contributed by atoms with Crippen molar-refractivity contribution in [3.8, 4) is 5.75 Å². The van der Waals surface area contributed by atoms with Crippen LogP contribution in [0.2, 0.25) is 0 Å². The summed E-state index contributed by atoms with van der Waals surface area (Å²) >= 11 is 0. The Kier molecular flexibility index (Phi) is 3.84. The lowest BCUT2D eigenvalue weighted by Gasteiger charge is -2.15. The zero-order valence-electron chi connectivity index (χ0n) is 8.98. The highest BCUT2D eigenvalue weighted by Gasteiger charge is 2.17. The number of carbonyl (C=O) groups is 1. The lowest BCUT2D eigenvalue weighted by Crippen LogP contribution is -2.23. The molecule has 2 atom stereocenters. The summed E-state index contributed by atoms with van der Waals surface area (Å²) in [6.45, 7) is 2.82. The molecule has 0 aliphatic carbocycles. The van der Waals surface area contributed by atoms with E-state index in [-0.39, 0.29) is 5.75 Å². The number of hydrogen-bond acceptors (Lipinski definition) is 3. The van der Waals surface area contributed by atoms with E-state index >= 15 is 0 Å². The van der Waals surface area contributed by atoms with Crippen molar-refractivity contribution in [3.05, 3.63) is 29.6 Å². The van der Waals surface area contributed by atoms with E-state index in [9.17, 15) is 14.3 Å². The van der Waals surface area contributed by atoms with Crippen molar-refractivity contribution in [1.29, 1.82) is 0 Å². The smallest absolute Gasteiger partial charge is 0.344 e. The SMILES string of the molecule is CC(Oc1cc(F)ccc1[C@@H](C)O)C(=O)O. The molecule has 0 amide bonds. The van der Waals surface area contributed by atoms with E-state index in [1.165, 1.54) is 26.0 Å². The van der Waals surface area contributed by atoms with Crippen LogP contribution >= 0.6 is 0 Å². The van der Waals surface area contributed by atoms with Crippen molar-refractivity contribution in [3.63, 3.8) is 0 Å². The Labute approximate surface area is 92.3 Å². The molecule has 16 heavy (non-hydrogen) atoms. The van der Waals surface area contributed by atoms with Crippen LogP contribution in [0.5, 0.6) is 5.75 Å². The van der Waals surface area contributed by atoms with Gasteiger partial charge in [-0.05, 0) is 26.0 Å². The second-order valence-electron chi connectivity index (χ2n) is 3.46. The van der Waals surface area contributed by atoms with Gasteiger partial charge in [0, 0.05) is 11.6 Å². The molecule has 0 saturated carbocycles. The van der Waals surface area contributed by atoms with Crippen molar-refractivity contribution < 1.29 is 24.1 Å². The minimum Gasteiger partial charge on any atom is -0.479 e. The summed E-state index contributed by atoms with van der Waals surface area (Å²) in [6.07, 6.45) is -1.95. The molecule has 0 aromatic heterocycles. The van der Waals surface area contributed by atoms with Crippen molar-refractivity contribution in [2.24, 2.45) is 0 Å². The van der Waals surface area contributed by atoms with Crippen LogP contribution in [0.15, 0.2) is 18.2 Å². The normalized spacial score (nSPS) is 14.2. The monoisotopic (exact) mass is 228 g/mol. The number of ether oxygens (including phenoxy) is 1. The molecule has 0 saturated heterocycles. The molecule has 5 heteroatoms. The number of aliphatic hydroxyl groups is 1. The van der Waals surface area contributed by atoms with E-state index in [4.69, 9.17) is 9.84 Å². The van der Waals surface area contributed by atoms with Crippen LogP contribution in [0, 0.1) is 5.82 Å². The lowest BCUT2D eigenvalue weighted by atomic mass is 10.1. The van der Waals surface area contributed by atoms with Crippen molar-refractivity contribution in [2.75, 3.05) is 0 Å². The zero-order chi connectivity index (χ0) is 12.3. The van der Waals surface area contributed by atoms with E-state index in [2.05, 4.69) is 0 Å². The van der Waals surface area contributed by atoms with Crippen LogP contribution in [0.3, 0.4) is 0 Å². The van der Waals surface area contributed by atoms with Gasteiger partial charge >= 0.3 is 5.97 Å². The fourth-order valence-corrected chi connectivity index (χ4v) is 1.20. The molecule has 0 fully saturated rings. The predicted octanol–water partition coefficient (Wildman–Crippen LogP) is 1.73. The number of aliphatic carboxylic acids is 1. The Morgan fingerprint density at radius 1 is 1.44 bits per heavy atom. The van der Waals surface area contributed by atoms with Gasteiger partial charge in [0.1, 0.15) is 11.6 Å². The molecule has 1 unspecified atom stereocenters. The molecule has 0 bridgehead atoms. The van der Waals surface area contributed by atoms with Crippen LogP contribution < -0.4 is 4.74 Å². The third-order valence-corrected chi connectivity index (χ3v) is 2.08. The van der Waals surface area contributed by atoms with Gasteiger partial charge in [-0.1, -0.05) is 0 Å². The summed E-state index contributed by atoms with van der Waals surface area (Å²) < 4.78 is 18.0. The maximum Gasteiger partial charge on any atom is 0.344 e. The van der Waals surface area contributed by atoms with E-state index in [1.807, 2.05) is 0 Å². The Balaban J connectivity index is 3.01. The van der Waals surface area contributed by atoms with Gasteiger partial charge in [0.05, 0.1) is 6.10 Å². The summed E-state index contributed by atoms with van der Waals surface area (Å²) in [7, 11) is 0. The van der Waals surface area contributed by atoms with Crippen LogP contribution in [0.1, 0.15) is 25.5 Å². The molecule has 1 rings (SSSR count). The molecular weight excluding hydrogens is 215 g/mol. The van der Waals surface area contributed by atoms with Gasteiger partial charge in [-0.15, -0.1) is 0 Å². The molecule has 0 spiro atoms. The summed E-state index contributed by atoms with van der Waals surface area (Å²) in [4.78, 5) is 10.6. The fraction of sp³-hybridized carbons (Fsp3) is 0.364. The Morgan fingerprint density at radius 2 is 2.06 bits per heavy atom. The van der Waals surface area contributed by atoms with Gasteiger partial charge in [0.25, 0.3) is 0 Å². The number of aliphatic hydroxyl groups excluding tert-OH is 1. The first-order valence-corrected chi connectivity index (χ1v) is 4.78. The average molecular weight is 228 g/mol. The molecule has 1 aromatic carbocycles. The largest absolute Gasteiger partial charge is 0.479 e. The highest BCUT2D eigenvalue weighted by molar-refractivity contribution is 5.72. The topological polar surface area (TPSA) is 66.8 Å². The molecule has 88 valence electrons. The van der Waals surface area contributed by atoms with Crippen LogP contribution in [-0.4, -0.2) is 22.3 Å². The van der Waals surface area contributed by atoms with Crippen LogP contribution in [-0.2, 0) is 4.79 Å². The van der Waals surface area contributed by atoms with Crippen molar-refractivity contribution in [1.82, 2.24) is 0 Å². The van der Waals surface area contributed by atoms with E-state index < -0.39 is 24.0 Å². The summed E-state index contributed by atoms with van der Waals surface area (Å²) in [6, 6.07) is 3.60. The lowest BCUT2D eigenvalue weighted by molar-refractivity contribution is -0.144. The maximum absolute atomic E-state index is 13.0. The quantitative estimate of drug-likeness (QED) is 0.823. The second-order valence-corrected chi connectivity index (χ2v) is 3.46. The number of carboxylic acids is 1. The molecule has 4 nitrogen and oxygen atoms in total. The standard InChI is InChI=1S/C11H13FO4/c1-6(13)9-4-3-8(12)5-10(9)16-7(2)11(14)15/h3-7,13H,1-2H3,(H,14,15)/t6-,7?/m1/s1. The second kappa shape index (κ2) is 4.94. The van der Waals surface area contributed by atoms with Gasteiger partial charge in [-0.25, -0.2) is 9.18 Å². The summed E-state index contributed by atoms with van der Waals surface area (Å²) in [5, 5.41) is 18.1. The number of benzene rings is 1. The molecule has 0 aliphatic heterocycles. The number of halogens is 1. The third kappa shape index (κ3) is 2.93. The van der Waals surface area contributed by atoms with E-state index in [0.717, 1.165) is 6.07 Å². The predicted molar refractivity (Wildman–Crippen MR) is 54.8 cm³/mol. The van der Waals surface area contributed by atoms with Gasteiger partial charge < -0.3 is 14.9 Å². The molecule has 0 heterocycles. The van der Waals surface area contributed by atoms with E-state index in [1.54, 1.807) is 0 Å². The molecule has 0 aliphatic rings. The van der Waals surface area contributed by atoms with Crippen molar-refractivity contribution >= 4 is 5.97 Å². The van der Waals surface area contributed by atoms with Crippen molar-refractivity contribution in [2.45, 2.75) is 26.1 Å². The van der Waals surface area contributed by atoms with E-state index in [0.29, 0.717) is 5.56 Å². The fourth-order valence-electron chi connectivity index (χ4n) is 1.20. The first kappa shape index (κ1) is 12.4. The summed E-state index contributed by atoms with van der Waals surface area (Å²) in [5.74, 6) is -1.65. The molecular formula is C11H13FO4. The van der Waals surface area contributed by atoms with Crippen LogP contribution in [0.4, 0.5) is 4.39 Å². The van der Waals surface area contributed by atoms with Gasteiger partial charge in [-0.3, -0.25) is 0 Å². The maximum atomic E-state index is 13.0. The molecule has 0 radical (unpaired) electrons. The zero-order valence-corrected chi connectivity index (χ0v) is 8.98. The highest BCUT2D eigenvalue weighted by Crippen LogP contribution is 2.26. The molecule has 2 N–H and O–H groups in total. The third-order valence-electron chi connectivity index (χ3n) is 2.08. The molecule has 1 aromatic rings. The Bertz CT molecular complexity index is 390. The average Bonchev–Trinajstić information content (AvgIpc) is 2.16. The van der Waals surface area contributed by atoms with Gasteiger partial charge in [0.15, 0.2) is 6.10 Å². The van der Waals surface area contributed by atoms with Gasteiger partial charge in [-0.2, -0.15) is 0 Å². The Morgan fingerprint density at radius 3 is 2.56 bits per heavy atom. The highest BCUT2D eigenvalue weighted by atomic mass is 19.1. The summed E-state index contributed by atoms with van der Waals surface area (Å²) in [5.41, 5.74) is 0.356. The Hall–Kier alpha value is -1.62. The number of carboxylic acid groups (broad SMARTS) is 1. The minimum absolute atomic E-state index is 0.0462. The van der Waals surface area contributed by atoms with Crippen LogP contribution in [0.25, 0.3) is 0 Å². The van der Waals surface area contributed by atoms with Gasteiger partial charge in [0.2, 0.25) is 0 Å². The number of hydrogen-bond donors (Lipinski definition) is 2. The minimum atomic E-state index is -1.15. The first-order chi connectivity index (χ1) is 7.41. The number of rotatable bonds is 4. The first-order valence-electron chi connectivity index (χ1n) is 4.78.